The Kier molecular flexibility index (Phi) is 7.64. The molecule has 0 bridgehead atoms. The molecule has 0 aromatic heterocycles. The number of ether oxygens (including phenoxy) is 1. The molecular formula is C28H33ClN4O. The molecule has 2 aromatic rings. The van der Waals surface area contributed by atoms with Gasteiger partial charge in [0.1, 0.15) is 0 Å². The third kappa shape index (κ3) is 5.90. The zero-order valence-corrected chi connectivity index (χ0v) is 20.5. The smallest absolute Gasteiger partial charge is 0.0642 e. The normalized spacial score (nSPS) is 21.3. The molecule has 2 fully saturated rings. The van der Waals surface area contributed by atoms with Crippen LogP contribution in [0.1, 0.15) is 24.0 Å². The van der Waals surface area contributed by atoms with E-state index in [0.29, 0.717) is 0 Å². The van der Waals surface area contributed by atoms with E-state index in [1.807, 2.05) is 12.1 Å². The Morgan fingerprint density at radius 2 is 1.59 bits per heavy atom. The van der Waals surface area contributed by atoms with Crippen molar-refractivity contribution in [1.82, 2.24) is 14.8 Å². The maximum absolute atomic E-state index is 6.02. The van der Waals surface area contributed by atoms with E-state index in [-0.39, 0.29) is 0 Å². The van der Waals surface area contributed by atoms with E-state index in [1.54, 1.807) is 0 Å². The van der Waals surface area contributed by atoms with Gasteiger partial charge in [0.2, 0.25) is 0 Å². The molecule has 2 heterocycles. The average molecular weight is 477 g/mol. The van der Waals surface area contributed by atoms with Gasteiger partial charge in [0.05, 0.1) is 19.4 Å². The fraction of sp³-hybridized carbons (Fsp3) is 0.393. The van der Waals surface area contributed by atoms with Crippen LogP contribution in [-0.2, 0) is 11.3 Å². The first-order valence-electron chi connectivity index (χ1n) is 12.3. The second-order valence-electron chi connectivity index (χ2n) is 9.15. The first-order valence-corrected chi connectivity index (χ1v) is 12.7. The zero-order valence-electron chi connectivity index (χ0n) is 19.7. The molecule has 2 saturated heterocycles. The molecule has 1 aliphatic carbocycles. The van der Waals surface area contributed by atoms with Crippen LogP contribution in [0.25, 0.3) is 6.08 Å². The Morgan fingerprint density at radius 3 is 2.32 bits per heavy atom. The van der Waals surface area contributed by atoms with Crippen LogP contribution in [0.5, 0.6) is 0 Å². The van der Waals surface area contributed by atoms with Gasteiger partial charge in [-0.3, -0.25) is 9.91 Å². The van der Waals surface area contributed by atoms with Crippen LogP contribution in [0.15, 0.2) is 76.5 Å². The van der Waals surface area contributed by atoms with Gasteiger partial charge in [-0.1, -0.05) is 54.1 Å². The van der Waals surface area contributed by atoms with Gasteiger partial charge < -0.3 is 9.64 Å². The minimum Gasteiger partial charge on any atom is -0.378 e. The van der Waals surface area contributed by atoms with Crippen molar-refractivity contribution < 1.29 is 4.74 Å². The van der Waals surface area contributed by atoms with E-state index < -0.39 is 0 Å². The summed E-state index contributed by atoms with van der Waals surface area (Å²) >= 11 is 6.02. The van der Waals surface area contributed by atoms with Crippen molar-refractivity contribution >= 4 is 23.9 Å². The van der Waals surface area contributed by atoms with Gasteiger partial charge in [0.25, 0.3) is 0 Å². The first-order chi connectivity index (χ1) is 16.7. The zero-order chi connectivity index (χ0) is 23.2. The quantitative estimate of drug-likeness (QED) is 0.554. The predicted octanol–water partition coefficient (Wildman–Crippen LogP) is 4.91. The van der Waals surface area contributed by atoms with Gasteiger partial charge in [-0.05, 0) is 53.3 Å². The number of hydrazone groups is 1. The first kappa shape index (κ1) is 23.2. The molecule has 0 saturated carbocycles. The summed E-state index contributed by atoms with van der Waals surface area (Å²) in [6, 6.07) is 18.8. The average Bonchev–Trinajstić information content (AvgIpc) is 3.28. The molecule has 178 valence electrons. The SMILES string of the molecule is Clc1ccc(CN2CCN(/N=C/C3=C(N4CCOCC4)C(=C\c4ccccc4)/CC3)CC2)cc1. The Morgan fingerprint density at radius 1 is 0.853 bits per heavy atom. The molecule has 0 radical (unpaired) electrons. The molecule has 5 nitrogen and oxygen atoms in total. The maximum atomic E-state index is 6.02. The van der Waals surface area contributed by atoms with Crippen LogP contribution in [0.2, 0.25) is 5.02 Å². The summed E-state index contributed by atoms with van der Waals surface area (Å²) in [7, 11) is 0. The number of nitrogens with zero attached hydrogens (tertiary/aromatic N) is 4. The topological polar surface area (TPSA) is 31.3 Å². The lowest BCUT2D eigenvalue weighted by Crippen LogP contribution is -2.43. The monoisotopic (exact) mass is 476 g/mol. The van der Waals surface area contributed by atoms with Crippen LogP contribution >= 0.6 is 11.6 Å². The number of allylic oxidation sites excluding steroid dienone is 2. The lowest BCUT2D eigenvalue weighted by atomic mass is 10.1. The van der Waals surface area contributed by atoms with Gasteiger partial charge in [0, 0.05) is 56.5 Å². The van der Waals surface area contributed by atoms with Crippen molar-refractivity contribution in [3.05, 3.63) is 87.6 Å². The van der Waals surface area contributed by atoms with Crippen molar-refractivity contribution in [1.29, 1.82) is 0 Å². The molecule has 0 spiro atoms. The highest BCUT2D eigenvalue weighted by atomic mass is 35.5. The van der Waals surface area contributed by atoms with Gasteiger partial charge in [0.15, 0.2) is 0 Å². The molecule has 0 atom stereocenters. The highest BCUT2D eigenvalue weighted by Gasteiger charge is 2.26. The highest BCUT2D eigenvalue weighted by Crippen LogP contribution is 2.35. The minimum atomic E-state index is 0.794. The lowest BCUT2D eigenvalue weighted by Gasteiger charge is -2.33. The van der Waals surface area contributed by atoms with Gasteiger partial charge in [-0.15, -0.1) is 0 Å². The second-order valence-corrected chi connectivity index (χ2v) is 9.59. The summed E-state index contributed by atoms with van der Waals surface area (Å²) in [4.78, 5) is 4.99. The fourth-order valence-corrected chi connectivity index (χ4v) is 5.06. The Balaban J connectivity index is 1.26. The molecule has 0 amide bonds. The molecule has 0 unspecified atom stereocenters. The molecule has 5 rings (SSSR count). The minimum absolute atomic E-state index is 0.794. The Bertz CT molecular complexity index is 1030. The number of morpholine rings is 1. The summed E-state index contributed by atoms with van der Waals surface area (Å²) in [5.74, 6) is 0. The standard InChI is InChI=1S/C28H33ClN4O/c29-27-10-6-24(7-11-27)22-31-12-14-33(15-13-31)30-21-26-9-8-25(20-23-4-2-1-3-5-23)28(26)32-16-18-34-19-17-32/h1-7,10-11,20-21H,8-9,12-19,22H2/b25-20-,30-21+. The van der Waals surface area contributed by atoms with Crippen molar-refractivity contribution in [2.75, 3.05) is 52.5 Å². The second kappa shape index (κ2) is 11.2. The van der Waals surface area contributed by atoms with Gasteiger partial charge in [-0.25, -0.2) is 0 Å². The van der Waals surface area contributed by atoms with E-state index in [9.17, 15) is 0 Å². The predicted molar refractivity (Wildman–Crippen MR) is 140 cm³/mol. The highest BCUT2D eigenvalue weighted by molar-refractivity contribution is 6.30. The molecular weight excluding hydrogens is 444 g/mol. The van der Waals surface area contributed by atoms with Crippen molar-refractivity contribution in [3.8, 4) is 0 Å². The van der Waals surface area contributed by atoms with E-state index in [2.05, 4.69) is 69.6 Å². The lowest BCUT2D eigenvalue weighted by molar-refractivity contribution is 0.0548. The van der Waals surface area contributed by atoms with Crippen molar-refractivity contribution in [2.24, 2.45) is 5.10 Å². The molecule has 34 heavy (non-hydrogen) atoms. The third-order valence-electron chi connectivity index (χ3n) is 6.78. The van der Waals surface area contributed by atoms with E-state index in [4.69, 9.17) is 21.4 Å². The number of hydrogen-bond donors (Lipinski definition) is 0. The molecule has 6 heteroatoms. The van der Waals surface area contributed by atoms with Crippen molar-refractivity contribution in [3.63, 3.8) is 0 Å². The van der Waals surface area contributed by atoms with Crippen LogP contribution in [-0.4, -0.2) is 73.5 Å². The molecule has 2 aromatic carbocycles. The van der Waals surface area contributed by atoms with Gasteiger partial charge in [-0.2, -0.15) is 5.10 Å². The number of halogens is 1. The van der Waals surface area contributed by atoms with Gasteiger partial charge >= 0.3 is 0 Å². The summed E-state index contributed by atoms with van der Waals surface area (Å²) in [6.45, 7) is 8.40. The number of rotatable bonds is 6. The van der Waals surface area contributed by atoms with Crippen molar-refractivity contribution in [2.45, 2.75) is 19.4 Å². The summed E-state index contributed by atoms with van der Waals surface area (Å²) in [6.07, 6.45) is 6.59. The number of benzene rings is 2. The van der Waals surface area contributed by atoms with E-state index >= 15 is 0 Å². The third-order valence-corrected chi connectivity index (χ3v) is 7.04. The number of piperazine rings is 1. The van der Waals surface area contributed by atoms with E-state index in [0.717, 1.165) is 76.9 Å². The summed E-state index contributed by atoms with van der Waals surface area (Å²) in [5, 5.41) is 7.94. The summed E-state index contributed by atoms with van der Waals surface area (Å²) < 4.78 is 5.62. The fourth-order valence-electron chi connectivity index (χ4n) is 4.93. The van der Waals surface area contributed by atoms with Crippen LogP contribution in [0, 0.1) is 0 Å². The Hall–Kier alpha value is -2.60. The summed E-state index contributed by atoms with van der Waals surface area (Å²) in [5.41, 5.74) is 6.72. The van der Waals surface area contributed by atoms with Crippen LogP contribution in [0.3, 0.4) is 0 Å². The van der Waals surface area contributed by atoms with Crippen LogP contribution < -0.4 is 0 Å². The molecule has 0 N–H and O–H groups in total. The largest absolute Gasteiger partial charge is 0.378 e. The molecule has 3 aliphatic rings. The van der Waals surface area contributed by atoms with Crippen LogP contribution in [0.4, 0.5) is 0 Å². The van der Waals surface area contributed by atoms with E-state index in [1.165, 1.54) is 28.0 Å². The maximum Gasteiger partial charge on any atom is 0.0642 e. The molecule has 2 aliphatic heterocycles. The number of hydrogen-bond acceptors (Lipinski definition) is 5. The Labute approximate surface area is 207 Å².